The zero-order valence-corrected chi connectivity index (χ0v) is 13.6. The van der Waals surface area contributed by atoms with Crippen molar-refractivity contribution in [1.82, 2.24) is 4.90 Å². The van der Waals surface area contributed by atoms with Gasteiger partial charge in [0.15, 0.2) is 0 Å². The highest BCUT2D eigenvalue weighted by atomic mass is 32.2. The molecule has 4 bridgehead atoms. The van der Waals surface area contributed by atoms with E-state index < -0.39 is 10.1 Å². The van der Waals surface area contributed by atoms with Gasteiger partial charge in [0, 0.05) is 31.7 Å². The largest absolute Gasteiger partial charge is 0.396 e. The molecule has 1 aromatic carbocycles. The maximum atomic E-state index is 10.5. The number of aryl methyl sites for hydroxylation is 1. The van der Waals surface area contributed by atoms with Gasteiger partial charge < -0.3 is 10.0 Å². The monoisotopic (exact) mass is 325 g/mol. The molecule has 0 radical (unpaired) electrons. The number of nitrogens with zero attached hydrogens (tertiary/aromatic N) is 1. The van der Waals surface area contributed by atoms with Crippen LogP contribution in [0.1, 0.15) is 18.4 Å². The zero-order valence-electron chi connectivity index (χ0n) is 12.8. The SMILES string of the molecule is Cc1ccc(S(=O)(=O)O)cc1.OC[C@]12C[C@H]3CN(C[C@H]3C1)C2. The molecule has 122 valence electrons. The van der Waals surface area contributed by atoms with E-state index in [0.29, 0.717) is 12.0 Å². The van der Waals surface area contributed by atoms with E-state index >= 15 is 0 Å². The van der Waals surface area contributed by atoms with Gasteiger partial charge in [0.25, 0.3) is 10.1 Å². The second-order valence-corrected chi connectivity index (χ2v) is 8.49. The lowest BCUT2D eigenvalue weighted by Crippen LogP contribution is -2.44. The van der Waals surface area contributed by atoms with Crippen LogP contribution in [0, 0.1) is 24.2 Å². The molecule has 1 aliphatic carbocycles. The van der Waals surface area contributed by atoms with E-state index in [0.717, 1.165) is 17.4 Å². The molecule has 2 N–H and O–H groups in total. The minimum absolute atomic E-state index is 0.0666. The van der Waals surface area contributed by atoms with Gasteiger partial charge in [0.05, 0.1) is 4.90 Å². The number of piperidine rings is 2. The smallest absolute Gasteiger partial charge is 0.294 e. The molecular formula is C16H23NO4S. The first kappa shape index (κ1) is 15.9. The van der Waals surface area contributed by atoms with Crippen molar-refractivity contribution in [2.24, 2.45) is 17.3 Å². The van der Waals surface area contributed by atoms with E-state index in [1.807, 2.05) is 6.92 Å². The van der Waals surface area contributed by atoms with Crippen LogP contribution >= 0.6 is 0 Å². The molecule has 1 aromatic rings. The van der Waals surface area contributed by atoms with Gasteiger partial charge in [-0.3, -0.25) is 4.55 Å². The first-order chi connectivity index (χ1) is 10.3. The van der Waals surface area contributed by atoms with Crippen LogP contribution in [0.25, 0.3) is 0 Å². The van der Waals surface area contributed by atoms with E-state index in [9.17, 15) is 13.5 Å². The highest BCUT2D eigenvalue weighted by molar-refractivity contribution is 7.85. The average molecular weight is 325 g/mol. The van der Waals surface area contributed by atoms with Gasteiger partial charge in [-0.15, -0.1) is 0 Å². The van der Waals surface area contributed by atoms with Gasteiger partial charge in [-0.25, -0.2) is 0 Å². The maximum absolute atomic E-state index is 10.5. The Morgan fingerprint density at radius 2 is 1.73 bits per heavy atom. The third-order valence-electron chi connectivity index (χ3n) is 5.26. The van der Waals surface area contributed by atoms with E-state index in [4.69, 9.17) is 4.55 Å². The van der Waals surface area contributed by atoms with E-state index in [-0.39, 0.29) is 4.90 Å². The summed E-state index contributed by atoms with van der Waals surface area (Å²) in [6, 6.07) is 5.99. The van der Waals surface area contributed by atoms with Crippen molar-refractivity contribution < 1.29 is 18.1 Å². The fourth-order valence-electron chi connectivity index (χ4n) is 4.32. The van der Waals surface area contributed by atoms with Crippen molar-refractivity contribution in [3.05, 3.63) is 29.8 Å². The summed E-state index contributed by atoms with van der Waals surface area (Å²) in [4.78, 5) is 2.47. The molecule has 1 unspecified atom stereocenters. The van der Waals surface area contributed by atoms with E-state index in [1.165, 1.54) is 44.6 Å². The minimum atomic E-state index is -4.02. The topological polar surface area (TPSA) is 77.8 Å². The van der Waals surface area contributed by atoms with Gasteiger partial charge >= 0.3 is 0 Å². The Bertz CT molecular complexity index is 621. The zero-order chi connectivity index (χ0) is 16.0. The fraction of sp³-hybridized carbons (Fsp3) is 0.625. The third kappa shape index (κ3) is 3.06. The van der Waals surface area contributed by atoms with Crippen molar-refractivity contribution in [3.8, 4) is 0 Å². The summed E-state index contributed by atoms with van der Waals surface area (Å²) in [5.74, 6) is 1.88. The molecule has 22 heavy (non-hydrogen) atoms. The highest BCUT2D eigenvalue weighted by Crippen LogP contribution is 2.54. The molecule has 5 rings (SSSR count). The van der Waals surface area contributed by atoms with Gasteiger partial charge in [-0.2, -0.15) is 8.42 Å². The number of rotatable bonds is 2. The van der Waals surface area contributed by atoms with Crippen LogP contribution in [-0.2, 0) is 10.1 Å². The Balaban J connectivity index is 0.000000131. The first-order valence-corrected chi connectivity index (χ1v) is 9.13. The minimum Gasteiger partial charge on any atom is -0.396 e. The number of aliphatic hydroxyl groups excluding tert-OH is 1. The molecule has 0 amide bonds. The van der Waals surface area contributed by atoms with Crippen molar-refractivity contribution >= 4 is 10.1 Å². The molecule has 3 aliphatic heterocycles. The molecule has 6 heteroatoms. The summed E-state index contributed by atoms with van der Waals surface area (Å²) < 4.78 is 29.6. The van der Waals surface area contributed by atoms with Crippen molar-refractivity contribution in [2.75, 3.05) is 26.2 Å². The highest BCUT2D eigenvalue weighted by Gasteiger charge is 2.54. The predicted octanol–water partition coefficient (Wildman–Crippen LogP) is 1.56. The molecule has 0 spiro atoms. The van der Waals surface area contributed by atoms with Gasteiger partial charge in [-0.1, -0.05) is 17.7 Å². The molecule has 3 heterocycles. The number of benzene rings is 1. The van der Waals surface area contributed by atoms with Crippen molar-refractivity contribution in [3.63, 3.8) is 0 Å². The molecule has 3 saturated heterocycles. The third-order valence-corrected chi connectivity index (χ3v) is 6.12. The van der Waals surface area contributed by atoms with Crippen LogP contribution in [0.3, 0.4) is 0 Å². The van der Waals surface area contributed by atoms with Gasteiger partial charge in [0.2, 0.25) is 0 Å². The summed E-state index contributed by atoms with van der Waals surface area (Å²) in [7, 11) is -4.02. The lowest BCUT2D eigenvalue weighted by atomic mass is 9.82. The first-order valence-electron chi connectivity index (χ1n) is 7.69. The van der Waals surface area contributed by atoms with Crippen LogP contribution in [0.2, 0.25) is 0 Å². The Morgan fingerprint density at radius 1 is 1.18 bits per heavy atom. The molecule has 5 nitrogen and oxygen atoms in total. The summed E-state index contributed by atoms with van der Waals surface area (Å²) in [6.45, 7) is 6.10. The van der Waals surface area contributed by atoms with Crippen LogP contribution in [0.4, 0.5) is 0 Å². The molecule has 4 fully saturated rings. The quantitative estimate of drug-likeness (QED) is 0.807. The summed E-state index contributed by atoms with van der Waals surface area (Å²) in [5, 5.41) is 9.28. The van der Waals surface area contributed by atoms with E-state index in [1.54, 1.807) is 12.1 Å². The van der Waals surface area contributed by atoms with Crippen LogP contribution < -0.4 is 0 Å². The van der Waals surface area contributed by atoms with E-state index in [2.05, 4.69) is 4.90 Å². The second-order valence-electron chi connectivity index (χ2n) is 7.07. The summed E-state index contributed by atoms with van der Waals surface area (Å²) in [5.41, 5.74) is 1.30. The molecule has 1 saturated carbocycles. The molecule has 0 aromatic heterocycles. The summed E-state index contributed by atoms with van der Waals surface area (Å²) >= 11 is 0. The lowest BCUT2D eigenvalue weighted by molar-refractivity contribution is 0.0400. The molecule has 4 aliphatic rings. The Labute approximate surface area is 131 Å². The predicted molar refractivity (Wildman–Crippen MR) is 83.2 cm³/mol. The standard InChI is InChI=1S/C9H15NO.C7H8O3S/c11-6-9-1-7-3-10(5-9)4-8(7)2-9;1-6-2-4-7(5-3-6)11(8,9)10/h7-8,11H,1-6H2;2-5H,1H3,(H,8,9,10)/t7-,8+,9+;. The molecule has 4 atom stereocenters. The summed E-state index contributed by atoms with van der Waals surface area (Å²) in [6.07, 6.45) is 2.62. The maximum Gasteiger partial charge on any atom is 0.294 e. The molecular weight excluding hydrogens is 302 g/mol. The number of hydrogen-bond donors (Lipinski definition) is 2. The average Bonchev–Trinajstić information content (AvgIpc) is 2.87. The fourth-order valence-corrected chi connectivity index (χ4v) is 4.80. The second kappa shape index (κ2) is 5.60. The number of aliphatic hydroxyl groups is 1. The van der Waals surface area contributed by atoms with Crippen LogP contribution in [0.5, 0.6) is 0 Å². The van der Waals surface area contributed by atoms with Crippen LogP contribution in [0.15, 0.2) is 29.2 Å². The van der Waals surface area contributed by atoms with Crippen molar-refractivity contribution in [2.45, 2.75) is 24.7 Å². The van der Waals surface area contributed by atoms with Crippen molar-refractivity contribution in [1.29, 1.82) is 0 Å². The Morgan fingerprint density at radius 3 is 2.14 bits per heavy atom. The normalized spacial score (nSPS) is 35.3. The van der Waals surface area contributed by atoms with Crippen LogP contribution in [-0.4, -0.2) is 49.2 Å². The van der Waals surface area contributed by atoms with Gasteiger partial charge in [-0.05, 0) is 43.7 Å². The number of hydrogen-bond acceptors (Lipinski definition) is 4. The Kier molecular flexibility index (Phi) is 4.05. The van der Waals surface area contributed by atoms with Gasteiger partial charge in [0.1, 0.15) is 0 Å². The lowest BCUT2D eigenvalue weighted by Gasteiger charge is -2.38. The Hall–Kier alpha value is -0.950.